The molecule has 0 aliphatic carbocycles. The smallest absolute Gasteiger partial charge is 0.251 e. The van der Waals surface area contributed by atoms with E-state index in [1.807, 2.05) is 0 Å². The minimum absolute atomic E-state index is 0. The Balaban J connectivity index is 0.00000312. The van der Waals surface area contributed by atoms with Crippen LogP contribution in [-0.2, 0) is 10.0 Å². The van der Waals surface area contributed by atoms with Gasteiger partial charge in [0.05, 0.1) is 11.0 Å². The van der Waals surface area contributed by atoms with Gasteiger partial charge in [0.1, 0.15) is 0 Å². The summed E-state index contributed by atoms with van der Waals surface area (Å²) in [4.78, 5) is 12.4. The van der Waals surface area contributed by atoms with Crippen LogP contribution < -0.4 is 10.6 Å². The van der Waals surface area contributed by atoms with Crippen molar-refractivity contribution in [2.45, 2.75) is 24.8 Å². The second kappa shape index (κ2) is 9.49. The highest BCUT2D eigenvalue weighted by Crippen LogP contribution is 2.17. The van der Waals surface area contributed by atoms with E-state index in [4.69, 9.17) is 0 Å². The Morgan fingerprint density at radius 2 is 2.00 bits per heavy atom. The number of β-amino-alcohol motifs (C(OH)–C–C–N with tert-alkyl or cyclic N) is 1. The lowest BCUT2D eigenvalue weighted by atomic mass is 10.1. The number of nitrogens with one attached hydrogen (secondary N) is 2. The highest BCUT2D eigenvalue weighted by Gasteiger charge is 2.26. The van der Waals surface area contributed by atoms with Crippen LogP contribution in [0.5, 0.6) is 0 Å². The molecule has 3 N–H and O–H groups in total. The molecule has 1 amide bonds. The summed E-state index contributed by atoms with van der Waals surface area (Å²) < 4.78 is 26.4. The van der Waals surface area contributed by atoms with Crippen molar-refractivity contribution in [1.29, 1.82) is 0 Å². The molecule has 9 heteroatoms. The van der Waals surface area contributed by atoms with Crippen LogP contribution in [-0.4, -0.2) is 62.6 Å². The average molecular weight is 392 g/mol. The minimum Gasteiger partial charge on any atom is -0.391 e. The lowest BCUT2D eigenvalue weighted by Crippen LogP contribution is -2.34. The van der Waals surface area contributed by atoms with E-state index < -0.39 is 16.1 Å². The predicted octanol–water partition coefficient (Wildman–Crippen LogP) is 0.449. The summed E-state index contributed by atoms with van der Waals surface area (Å²) >= 11 is 0. The molecule has 1 saturated heterocycles. The quantitative estimate of drug-likeness (QED) is 0.626. The van der Waals surface area contributed by atoms with Gasteiger partial charge in [0.25, 0.3) is 5.91 Å². The molecule has 0 aromatic heterocycles. The van der Waals surface area contributed by atoms with E-state index in [0.717, 1.165) is 0 Å². The number of hydrogen-bond acceptors (Lipinski definition) is 5. The van der Waals surface area contributed by atoms with Crippen molar-refractivity contribution in [2.24, 2.45) is 5.92 Å². The standard InChI is InChI=1S/C16H25N3O4S.ClH/c1-3-19(4-2)24(22,23)14-7-5-6-12(8-14)16(21)18-10-13-9-17-11-15(13)20;/h5-8,13,15,17,20H,3-4,9-11H2,1-2H3,(H,18,21);1H. The van der Waals surface area contributed by atoms with E-state index in [2.05, 4.69) is 10.6 Å². The van der Waals surface area contributed by atoms with Gasteiger partial charge in [-0.1, -0.05) is 19.9 Å². The molecular weight excluding hydrogens is 366 g/mol. The number of aliphatic hydroxyl groups excluding tert-OH is 1. The maximum absolute atomic E-state index is 12.5. The van der Waals surface area contributed by atoms with Gasteiger partial charge in [-0.3, -0.25) is 4.79 Å². The summed E-state index contributed by atoms with van der Waals surface area (Å²) in [6.45, 7) is 5.83. The van der Waals surface area contributed by atoms with Gasteiger partial charge >= 0.3 is 0 Å². The Bertz CT molecular complexity index is 680. The van der Waals surface area contributed by atoms with Gasteiger partial charge in [0, 0.05) is 44.2 Å². The molecule has 0 radical (unpaired) electrons. The summed E-state index contributed by atoms with van der Waals surface area (Å²) in [5, 5.41) is 15.6. The van der Waals surface area contributed by atoms with Crippen molar-refractivity contribution in [1.82, 2.24) is 14.9 Å². The highest BCUT2D eigenvalue weighted by atomic mass is 35.5. The van der Waals surface area contributed by atoms with Crippen LogP contribution in [0, 0.1) is 5.92 Å². The molecule has 1 aliphatic rings. The van der Waals surface area contributed by atoms with Crippen molar-refractivity contribution in [3.8, 4) is 0 Å². The first kappa shape index (κ1) is 21.9. The van der Waals surface area contributed by atoms with Crippen molar-refractivity contribution < 1.29 is 18.3 Å². The third kappa shape index (κ3) is 5.15. The first-order chi connectivity index (χ1) is 11.4. The van der Waals surface area contributed by atoms with Crippen LogP contribution >= 0.6 is 12.4 Å². The fourth-order valence-electron chi connectivity index (χ4n) is 2.76. The van der Waals surface area contributed by atoms with Gasteiger partial charge < -0.3 is 15.7 Å². The van der Waals surface area contributed by atoms with E-state index in [0.29, 0.717) is 38.3 Å². The summed E-state index contributed by atoms with van der Waals surface area (Å²) in [6, 6.07) is 6.04. The topological polar surface area (TPSA) is 98.7 Å². The molecule has 2 atom stereocenters. The number of rotatable bonds is 7. The van der Waals surface area contributed by atoms with Gasteiger partial charge in [-0.2, -0.15) is 4.31 Å². The van der Waals surface area contributed by atoms with Gasteiger partial charge in [-0.05, 0) is 18.2 Å². The number of amides is 1. The molecule has 1 heterocycles. The maximum Gasteiger partial charge on any atom is 0.251 e. The maximum atomic E-state index is 12.5. The SMILES string of the molecule is CCN(CC)S(=O)(=O)c1cccc(C(=O)NCC2CNCC2O)c1.Cl. The van der Waals surface area contributed by atoms with Gasteiger partial charge in [-0.15, -0.1) is 12.4 Å². The molecule has 2 unspecified atom stereocenters. The van der Waals surface area contributed by atoms with E-state index in [1.54, 1.807) is 26.0 Å². The minimum atomic E-state index is -3.59. The number of halogens is 1. The monoisotopic (exact) mass is 391 g/mol. The summed E-state index contributed by atoms with van der Waals surface area (Å²) in [7, 11) is -3.59. The second-order valence-corrected chi connectivity index (χ2v) is 7.75. The Morgan fingerprint density at radius 1 is 1.32 bits per heavy atom. The van der Waals surface area contributed by atoms with Crippen molar-refractivity contribution >= 4 is 28.3 Å². The van der Waals surface area contributed by atoms with Gasteiger partial charge in [-0.25, -0.2) is 8.42 Å². The van der Waals surface area contributed by atoms with Crippen molar-refractivity contribution in [3.05, 3.63) is 29.8 Å². The number of hydrogen-bond donors (Lipinski definition) is 3. The summed E-state index contributed by atoms with van der Waals surface area (Å²) in [6.07, 6.45) is -0.473. The predicted molar refractivity (Wildman–Crippen MR) is 98.5 cm³/mol. The lowest BCUT2D eigenvalue weighted by molar-refractivity contribution is 0.0927. The number of carbonyl (C=O) groups excluding carboxylic acids is 1. The molecule has 1 aromatic carbocycles. The molecule has 1 aliphatic heterocycles. The summed E-state index contributed by atoms with van der Waals surface area (Å²) in [5.74, 6) is -0.373. The highest BCUT2D eigenvalue weighted by molar-refractivity contribution is 7.89. The largest absolute Gasteiger partial charge is 0.391 e. The van der Waals surface area contributed by atoms with Crippen molar-refractivity contribution in [2.75, 3.05) is 32.7 Å². The zero-order valence-corrected chi connectivity index (χ0v) is 16.1. The molecule has 2 rings (SSSR count). The second-order valence-electron chi connectivity index (χ2n) is 5.81. The Kier molecular flexibility index (Phi) is 8.30. The van der Waals surface area contributed by atoms with Crippen molar-refractivity contribution in [3.63, 3.8) is 0 Å². The zero-order valence-electron chi connectivity index (χ0n) is 14.4. The third-order valence-electron chi connectivity index (χ3n) is 4.27. The van der Waals surface area contributed by atoms with E-state index in [1.165, 1.54) is 16.4 Å². The van der Waals surface area contributed by atoms with Gasteiger partial charge in [0.15, 0.2) is 0 Å². The number of sulfonamides is 1. The van der Waals surface area contributed by atoms with Gasteiger partial charge in [0.2, 0.25) is 10.0 Å². The Hall–Kier alpha value is -1.19. The Labute approximate surface area is 155 Å². The van der Waals surface area contributed by atoms with E-state index in [9.17, 15) is 18.3 Å². The first-order valence-corrected chi connectivity index (χ1v) is 9.61. The molecule has 0 bridgehead atoms. The number of nitrogens with zero attached hydrogens (tertiary/aromatic N) is 1. The molecule has 142 valence electrons. The molecule has 1 aromatic rings. The number of aliphatic hydroxyl groups is 1. The van der Waals surface area contributed by atoms with Crippen LogP contribution in [0.1, 0.15) is 24.2 Å². The van der Waals surface area contributed by atoms with Crippen LogP contribution in [0.2, 0.25) is 0 Å². The molecule has 1 fully saturated rings. The third-order valence-corrected chi connectivity index (χ3v) is 6.31. The van der Waals surface area contributed by atoms with Crippen LogP contribution in [0.25, 0.3) is 0 Å². The number of benzene rings is 1. The fourth-order valence-corrected chi connectivity index (χ4v) is 4.27. The normalized spacial score (nSPS) is 20.3. The molecule has 7 nitrogen and oxygen atoms in total. The fraction of sp³-hybridized carbons (Fsp3) is 0.562. The molecule has 0 spiro atoms. The average Bonchev–Trinajstić information content (AvgIpc) is 2.98. The molecular formula is C16H26ClN3O4S. The Morgan fingerprint density at radius 3 is 2.56 bits per heavy atom. The van der Waals surface area contributed by atoms with Crippen LogP contribution in [0.15, 0.2) is 29.2 Å². The zero-order chi connectivity index (χ0) is 17.7. The summed E-state index contributed by atoms with van der Waals surface area (Å²) in [5.41, 5.74) is 0.295. The van der Waals surface area contributed by atoms with Crippen LogP contribution in [0.3, 0.4) is 0 Å². The lowest BCUT2D eigenvalue weighted by Gasteiger charge is -2.19. The van der Waals surface area contributed by atoms with E-state index in [-0.39, 0.29) is 29.1 Å². The van der Waals surface area contributed by atoms with Crippen LogP contribution in [0.4, 0.5) is 0 Å². The van der Waals surface area contributed by atoms with E-state index >= 15 is 0 Å². The molecule has 25 heavy (non-hydrogen) atoms. The molecule has 0 saturated carbocycles. The number of carbonyl (C=O) groups is 1. The first-order valence-electron chi connectivity index (χ1n) is 8.17.